The summed E-state index contributed by atoms with van der Waals surface area (Å²) < 4.78 is 5.08. The first-order valence-electron chi connectivity index (χ1n) is 6.54. The number of anilines is 1. The number of benzene rings is 1. The van der Waals surface area contributed by atoms with Crippen molar-refractivity contribution in [2.45, 2.75) is 35.3 Å². The van der Waals surface area contributed by atoms with Crippen LogP contribution < -0.4 is 10.6 Å². The smallest absolute Gasteiger partial charge is 0.238 e. The van der Waals surface area contributed by atoms with Crippen LogP contribution in [-0.2, 0) is 14.3 Å². The van der Waals surface area contributed by atoms with Gasteiger partial charge in [0.25, 0.3) is 0 Å². The number of ketones is 1. The number of para-hydroxylation sites is 1. The van der Waals surface area contributed by atoms with E-state index in [-0.39, 0.29) is 35.6 Å². The van der Waals surface area contributed by atoms with Crippen LogP contribution in [-0.4, -0.2) is 36.3 Å². The molecule has 5 nitrogen and oxygen atoms in total. The zero-order valence-electron chi connectivity index (χ0n) is 11.1. The lowest BCUT2D eigenvalue weighted by molar-refractivity contribution is -0.122. The van der Waals surface area contributed by atoms with Gasteiger partial charge in [-0.2, -0.15) is 0 Å². The molecule has 1 amide bonds. The van der Waals surface area contributed by atoms with Crippen LogP contribution in [0.2, 0.25) is 0 Å². The highest BCUT2D eigenvalue weighted by atomic mass is 32.2. The van der Waals surface area contributed by atoms with Gasteiger partial charge in [0.2, 0.25) is 5.91 Å². The number of fused-ring (bicyclic) bond motifs is 1. The van der Waals surface area contributed by atoms with E-state index in [0.29, 0.717) is 6.42 Å². The van der Waals surface area contributed by atoms with Crippen molar-refractivity contribution in [3.05, 3.63) is 24.3 Å². The van der Waals surface area contributed by atoms with E-state index in [1.54, 1.807) is 7.11 Å². The number of carbonyl (C=O) groups is 2. The van der Waals surface area contributed by atoms with Crippen LogP contribution in [0.4, 0.5) is 5.69 Å². The first-order valence-corrected chi connectivity index (χ1v) is 7.42. The fourth-order valence-electron chi connectivity index (χ4n) is 2.32. The number of Topliss-reactive ketones (excluding diaryl/α,β-unsaturated/α-hetero) is 1. The van der Waals surface area contributed by atoms with Gasteiger partial charge < -0.3 is 10.1 Å². The topological polar surface area (TPSA) is 77.3 Å². The van der Waals surface area contributed by atoms with Crippen molar-refractivity contribution in [3.63, 3.8) is 0 Å². The highest BCUT2D eigenvalue weighted by Crippen LogP contribution is 2.37. The Labute approximate surface area is 121 Å². The molecule has 106 valence electrons. The van der Waals surface area contributed by atoms with Gasteiger partial charge in [0.1, 0.15) is 12.0 Å². The van der Waals surface area contributed by atoms with Crippen molar-refractivity contribution in [1.82, 2.24) is 5.32 Å². The van der Waals surface area contributed by atoms with Gasteiger partial charge in [0, 0.05) is 24.8 Å². The molecule has 0 radical (unpaired) electrons. The fourth-order valence-corrected chi connectivity index (χ4v) is 3.46. The third-order valence-electron chi connectivity index (χ3n) is 3.46. The molecule has 3 atom stereocenters. The minimum absolute atomic E-state index is 0.00693. The normalized spacial score (nSPS) is 27.6. The van der Waals surface area contributed by atoms with E-state index in [0.717, 1.165) is 10.6 Å². The molecule has 0 aliphatic carbocycles. The molecule has 0 saturated carbocycles. The molecule has 1 saturated heterocycles. The van der Waals surface area contributed by atoms with Gasteiger partial charge in [-0.1, -0.05) is 12.1 Å². The minimum Gasteiger partial charge on any atom is -0.365 e. The van der Waals surface area contributed by atoms with Gasteiger partial charge in [-0.3, -0.25) is 14.9 Å². The Morgan fingerprint density at radius 2 is 2.15 bits per heavy atom. The summed E-state index contributed by atoms with van der Waals surface area (Å²) in [6, 6.07) is 7.75. The lowest BCUT2D eigenvalue weighted by Crippen LogP contribution is -2.31. The highest BCUT2D eigenvalue weighted by molar-refractivity contribution is 8.01. The van der Waals surface area contributed by atoms with Crippen molar-refractivity contribution in [3.8, 4) is 0 Å². The van der Waals surface area contributed by atoms with E-state index in [2.05, 4.69) is 10.6 Å². The number of thioether (sulfide) groups is 1. The van der Waals surface area contributed by atoms with Crippen molar-refractivity contribution >= 4 is 29.1 Å². The van der Waals surface area contributed by atoms with Crippen LogP contribution in [0.25, 0.3) is 0 Å². The average molecular weight is 292 g/mol. The maximum Gasteiger partial charge on any atom is 0.238 e. The number of rotatable bonds is 5. The highest BCUT2D eigenvalue weighted by Gasteiger charge is 2.38. The van der Waals surface area contributed by atoms with E-state index in [1.807, 2.05) is 24.3 Å². The van der Waals surface area contributed by atoms with Crippen molar-refractivity contribution in [1.29, 1.82) is 0 Å². The number of carbonyl (C=O) groups excluding carboxylic acids is 2. The number of hydrogen-bond acceptors (Lipinski definition) is 5. The van der Waals surface area contributed by atoms with Crippen LogP contribution in [0.1, 0.15) is 12.8 Å². The Bertz CT molecular complexity index is 549. The van der Waals surface area contributed by atoms with E-state index in [1.165, 1.54) is 11.8 Å². The predicted octanol–water partition coefficient (Wildman–Crippen LogP) is 1.39. The molecule has 2 N–H and O–H groups in total. The molecule has 0 bridgehead atoms. The minimum atomic E-state index is -0.336. The molecule has 2 aliphatic rings. The van der Waals surface area contributed by atoms with Crippen LogP contribution in [0.3, 0.4) is 0 Å². The molecule has 2 heterocycles. The number of nitrogens with one attached hydrogen (secondary N) is 2. The van der Waals surface area contributed by atoms with Crippen LogP contribution in [0.15, 0.2) is 29.2 Å². The second-order valence-corrected chi connectivity index (χ2v) is 6.21. The first-order chi connectivity index (χ1) is 9.67. The fraction of sp³-hybridized carbons (Fsp3) is 0.429. The molecule has 1 fully saturated rings. The number of hydrogen-bond donors (Lipinski definition) is 2. The van der Waals surface area contributed by atoms with Gasteiger partial charge in [-0.25, -0.2) is 0 Å². The Hall–Kier alpha value is -1.37. The van der Waals surface area contributed by atoms with E-state index in [4.69, 9.17) is 4.74 Å². The lowest BCUT2D eigenvalue weighted by Gasteiger charge is -2.23. The number of ether oxygens (including phenoxy) is 1. The molecule has 2 aliphatic heterocycles. The zero-order valence-corrected chi connectivity index (χ0v) is 11.9. The van der Waals surface area contributed by atoms with Crippen molar-refractivity contribution in [2.75, 3.05) is 12.4 Å². The Kier molecular flexibility index (Phi) is 3.78. The number of amides is 1. The summed E-state index contributed by atoms with van der Waals surface area (Å²) in [5.41, 5.74) is 0.828. The summed E-state index contributed by atoms with van der Waals surface area (Å²) >= 11 is 1.46. The SMILES string of the molecule is COC1NC1CC(=O)CC1Sc2ccccc2NC1=O. The third-order valence-corrected chi connectivity index (χ3v) is 4.73. The summed E-state index contributed by atoms with van der Waals surface area (Å²) in [6.07, 6.45) is 0.678. The maximum atomic E-state index is 12.0. The predicted molar refractivity (Wildman–Crippen MR) is 76.7 cm³/mol. The molecule has 0 aromatic heterocycles. The third kappa shape index (κ3) is 2.87. The molecule has 3 rings (SSSR count). The lowest BCUT2D eigenvalue weighted by atomic mass is 10.1. The summed E-state index contributed by atoms with van der Waals surface area (Å²) in [5, 5.41) is 5.58. The molecular formula is C14H16N2O3S. The zero-order chi connectivity index (χ0) is 14.1. The molecule has 6 heteroatoms. The summed E-state index contributed by atoms with van der Waals surface area (Å²) in [7, 11) is 1.61. The molecule has 3 unspecified atom stereocenters. The number of methoxy groups -OCH3 is 1. The van der Waals surface area contributed by atoms with Gasteiger partial charge in [-0.05, 0) is 12.1 Å². The van der Waals surface area contributed by atoms with E-state index >= 15 is 0 Å². The van der Waals surface area contributed by atoms with E-state index < -0.39 is 0 Å². The monoisotopic (exact) mass is 292 g/mol. The average Bonchev–Trinajstić information content (AvgIpc) is 3.17. The maximum absolute atomic E-state index is 12.0. The quantitative estimate of drug-likeness (QED) is 0.802. The van der Waals surface area contributed by atoms with Gasteiger partial charge >= 0.3 is 0 Å². The summed E-state index contributed by atoms with van der Waals surface area (Å²) in [5.74, 6) is 0.00294. The van der Waals surface area contributed by atoms with Crippen molar-refractivity contribution < 1.29 is 14.3 Å². The molecular weight excluding hydrogens is 276 g/mol. The van der Waals surface area contributed by atoms with Gasteiger partial charge in [0.05, 0.1) is 17.0 Å². The molecule has 0 spiro atoms. The standard InChI is InChI=1S/C14H16N2O3S/c1-19-14-10(16-14)6-8(17)7-12-13(18)15-9-4-2-3-5-11(9)20-12/h2-5,10,12,14,16H,6-7H2,1H3,(H,15,18). The largest absolute Gasteiger partial charge is 0.365 e. The second-order valence-electron chi connectivity index (χ2n) is 4.97. The van der Waals surface area contributed by atoms with Crippen molar-refractivity contribution in [2.24, 2.45) is 0 Å². The van der Waals surface area contributed by atoms with E-state index in [9.17, 15) is 9.59 Å². The Balaban J connectivity index is 1.58. The first kappa shape index (κ1) is 13.6. The molecule has 1 aromatic rings. The Morgan fingerprint density at radius 1 is 1.35 bits per heavy atom. The Morgan fingerprint density at radius 3 is 2.90 bits per heavy atom. The summed E-state index contributed by atoms with van der Waals surface area (Å²) in [4.78, 5) is 25.0. The molecule has 20 heavy (non-hydrogen) atoms. The van der Waals surface area contributed by atoms with Crippen LogP contribution in [0.5, 0.6) is 0 Å². The van der Waals surface area contributed by atoms with Crippen LogP contribution >= 0.6 is 11.8 Å². The van der Waals surface area contributed by atoms with Gasteiger partial charge in [-0.15, -0.1) is 11.8 Å². The second kappa shape index (κ2) is 5.55. The van der Waals surface area contributed by atoms with Crippen LogP contribution in [0, 0.1) is 0 Å². The summed E-state index contributed by atoms with van der Waals surface area (Å²) in [6.45, 7) is 0. The van der Waals surface area contributed by atoms with Gasteiger partial charge in [0.15, 0.2) is 0 Å². The molecule has 1 aromatic carbocycles.